The minimum atomic E-state index is 0.124. The van der Waals surface area contributed by atoms with Gasteiger partial charge in [0.1, 0.15) is 0 Å². The Morgan fingerprint density at radius 3 is 2.07 bits per heavy atom. The molecule has 0 aliphatic heterocycles. The van der Waals surface area contributed by atoms with Gasteiger partial charge < -0.3 is 5.32 Å². The summed E-state index contributed by atoms with van der Waals surface area (Å²) in [5, 5.41) is 3.40. The molecule has 0 spiro atoms. The number of nitrogens with zero attached hydrogens (tertiary/aromatic N) is 1. The van der Waals surface area contributed by atoms with Crippen molar-refractivity contribution >= 4 is 5.71 Å². The van der Waals surface area contributed by atoms with Crippen molar-refractivity contribution in [1.82, 2.24) is 5.32 Å². The standard InChI is InChI=1S/C12H24N2/c1-9(2)13-10(3)8-11(4)14-12(5,6)7/h8-9,14H,1-7H3/b11-8-,13-10?. The van der Waals surface area contributed by atoms with Gasteiger partial charge in [0.25, 0.3) is 0 Å². The Bertz CT molecular complexity index is 229. The van der Waals surface area contributed by atoms with Crippen LogP contribution < -0.4 is 5.32 Å². The van der Waals surface area contributed by atoms with Crippen LogP contribution in [-0.2, 0) is 0 Å². The largest absolute Gasteiger partial charge is 0.384 e. The van der Waals surface area contributed by atoms with Crippen LogP contribution in [0.5, 0.6) is 0 Å². The van der Waals surface area contributed by atoms with E-state index in [1.807, 2.05) is 6.92 Å². The summed E-state index contributed by atoms with van der Waals surface area (Å²) < 4.78 is 0. The second kappa shape index (κ2) is 5.18. The van der Waals surface area contributed by atoms with Gasteiger partial charge in [-0.15, -0.1) is 0 Å². The number of rotatable bonds is 3. The highest BCUT2D eigenvalue weighted by Gasteiger charge is 2.08. The third kappa shape index (κ3) is 7.84. The molecule has 2 nitrogen and oxygen atoms in total. The molecule has 0 rings (SSSR count). The van der Waals surface area contributed by atoms with Crippen LogP contribution in [0.4, 0.5) is 0 Å². The molecule has 0 aromatic heterocycles. The van der Waals surface area contributed by atoms with Crippen molar-refractivity contribution in [1.29, 1.82) is 0 Å². The van der Waals surface area contributed by atoms with E-state index in [1.165, 1.54) is 5.70 Å². The van der Waals surface area contributed by atoms with Gasteiger partial charge in [0.2, 0.25) is 0 Å². The molecule has 2 heteroatoms. The minimum Gasteiger partial charge on any atom is -0.384 e. The molecular weight excluding hydrogens is 172 g/mol. The lowest BCUT2D eigenvalue weighted by molar-refractivity contribution is 0.474. The Kier molecular flexibility index (Phi) is 4.89. The highest BCUT2D eigenvalue weighted by atomic mass is 15.0. The van der Waals surface area contributed by atoms with Crippen LogP contribution >= 0.6 is 0 Å². The number of allylic oxidation sites excluding steroid dienone is 2. The Labute approximate surface area is 88.5 Å². The van der Waals surface area contributed by atoms with Gasteiger partial charge in [-0.2, -0.15) is 0 Å². The first-order chi connectivity index (χ1) is 6.20. The maximum Gasteiger partial charge on any atom is 0.0446 e. The number of hydrogen-bond donors (Lipinski definition) is 1. The van der Waals surface area contributed by atoms with Crippen LogP contribution in [0.15, 0.2) is 16.8 Å². The fourth-order valence-electron chi connectivity index (χ4n) is 1.39. The van der Waals surface area contributed by atoms with E-state index in [0.717, 1.165) is 5.71 Å². The second-order valence-corrected chi connectivity index (χ2v) is 5.07. The van der Waals surface area contributed by atoms with Crippen LogP contribution in [-0.4, -0.2) is 17.3 Å². The molecular formula is C12H24N2. The molecule has 1 N–H and O–H groups in total. The fourth-order valence-corrected chi connectivity index (χ4v) is 1.39. The van der Waals surface area contributed by atoms with Crippen molar-refractivity contribution in [3.8, 4) is 0 Å². The number of aliphatic imine (C=N–C) groups is 1. The molecule has 0 aliphatic carbocycles. The topological polar surface area (TPSA) is 24.4 Å². The zero-order valence-corrected chi connectivity index (χ0v) is 10.6. The Morgan fingerprint density at radius 1 is 1.21 bits per heavy atom. The smallest absolute Gasteiger partial charge is 0.0446 e. The molecule has 0 aliphatic rings. The van der Waals surface area contributed by atoms with Crippen molar-refractivity contribution in [3.63, 3.8) is 0 Å². The fraction of sp³-hybridized carbons (Fsp3) is 0.750. The predicted molar refractivity (Wildman–Crippen MR) is 64.9 cm³/mol. The lowest BCUT2D eigenvalue weighted by Crippen LogP contribution is -2.34. The van der Waals surface area contributed by atoms with Crippen LogP contribution in [0.25, 0.3) is 0 Å². The minimum absolute atomic E-state index is 0.124. The average Bonchev–Trinajstić information content (AvgIpc) is 1.77. The normalized spacial score (nSPS) is 14.9. The third-order valence-corrected chi connectivity index (χ3v) is 1.46. The van der Waals surface area contributed by atoms with Crippen molar-refractivity contribution in [2.45, 2.75) is 60.0 Å². The summed E-state index contributed by atoms with van der Waals surface area (Å²) in [4.78, 5) is 4.45. The van der Waals surface area contributed by atoms with Gasteiger partial charge in [-0.3, -0.25) is 4.99 Å². The maximum atomic E-state index is 4.45. The van der Waals surface area contributed by atoms with Gasteiger partial charge in [-0.1, -0.05) is 0 Å². The van der Waals surface area contributed by atoms with Gasteiger partial charge in [-0.05, 0) is 54.5 Å². The van der Waals surface area contributed by atoms with E-state index in [4.69, 9.17) is 0 Å². The summed E-state index contributed by atoms with van der Waals surface area (Å²) >= 11 is 0. The Balaban J connectivity index is 4.38. The molecule has 0 aromatic rings. The van der Waals surface area contributed by atoms with Crippen LogP contribution in [0.3, 0.4) is 0 Å². The molecule has 0 heterocycles. The van der Waals surface area contributed by atoms with E-state index >= 15 is 0 Å². The van der Waals surface area contributed by atoms with Crippen LogP contribution in [0.2, 0.25) is 0 Å². The van der Waals surface area contributed by atoms with E-state index in [0.29, 0.717) is 6.04 Å². The lowest BCUT2D eigenvalue weighted by atomic mass is 10.1. The van der Waals surface area contributed by atoms with Gasteiger partial charge in [0.15, 0.2) is 0 Å². The molecule has 0 unspecified atom stereocenters. The molecule has 0 aromatic carbocycles. The summed E-state index contributed by atoms with van der Waals surface area (Å²) in [6, 6.07) is 0.369. The monoisotopic (exact) mass is 196 g/mol. The zero-order valence-electron chi connectivity index (χ0n) is 10.6. The van der Waals surface area contributed by atoms with Gasteiger partial charge in [-0.25, -0.2) is 0 Å². The predicted octanol–water partition coefficient (Wildman–Crippen LogP) is 3.15. The van der Waals surface area contributed by atoms with E-state index in [1.54, 1.807) is 0 Å². The third-order valence-electron chi connectivity index (χ3n) is 1.46. The molecule has 0 radical (unpaired) electrons. The molecule has 0 saturated carbocycles. The quantitative estimate of drug-likeness (QED) is 0.689. The first-order valence-corrected chi connectivity index (χ1v) is 5.21. The highest BCUT2D eigenvalue weighted by molar-refractivity contribution is 5.93. The van der Waals surface area contributed by atoms with E-state index in [-0.39, 0.29) is 5.54 Å². The second-order valence-electron chi connectivity index (χ2n) is 5.07. The number of nitrogens with one attached hydrogen (secondary N) is 1. The first-order valence-electron chi connectivity index (χ1n) is 5.21. The summed E-state index contributed by atoms with van der Waals surface area (Å²) in [6.07, 6.45) is 2.09. The van der Waals surface area contributed by atoms with Gasteiger partial charge >= 0.3 is 0 Å². The molecule has 14 heavy (non-hydrogen) atoms. The highest BCUT2D eigenvalue weighted by Crippen LogP contribution is 2.03. The van der Waals surface area contributed by atoms with Crippen LogP contribution in [0, 0.1) is 0 Å². The van der Waals surface area contributed by atoms with E-state index in [9.17, 15) is 0 Å². The lowest BCUT2D eigenvalue weighted by Gasteiger charge is -2.22. The molecule has 0 saturated heterocycles. The van der Waals surface area contributed by atoms with Gasteiger partial charge in [0.05, 0.1) is 0 Å². The molecule has 0 amide bonds. The van der Waals surface area contributed by atoms with Crippen molar-refractivity contribution in [2.24, 2.45) is 4.99 Å². The Hall–Kier alpha value is -0.790. The van der Waals surface area contributed by atoms with Crippen molar-refractivity contribution in [3.05, 3.63) is 11.8 Å². The molecule has 0 bridgehead atoms. The maximum absolute atomic E-state index is 4.45. The summed E-state index contributed by atoms with van der Waals surface area (Å²) in [5.41, 5.74) is 2.37. The first kappa shape index (κ1) is 13.2. The zero-order chi connectivity index (χ0) is 11.4. The van der Waals surface area contributed by atoms with Gasteiger partial charge in [0, 0.05) is 23.0 Å². The molecule has 0 atom stereocenters. The molecule has 82 valence electrons. The van der Waals surface area contributed by atoms with E-state index < -0.39 is 0 Å². The Morgan fingerprint density at radius 2 is 1.71 bits per heavy atom. The van der Waals surface area contributed by atoms with Crippen molar-refractivity contribution < 1.29 is 0 Å². The number of hydrogen-bond acceptors (Lipinski definition) is 2. The molecule has 0 fully saturated rings. The van der Waals surface area contributed by atoms with E-state index in [2.05, 4.69) is 57.9 Å². The average molecular weight is 196 g/mol. The summed E-state index contributed by atoms with van der Waals surface area (Å²) in [7, 11) is 0. The summed E-state index contributed by atoms with van der Waals surface area (Å²) in [5.74, 6) is 0. The summed E-state index contributed by atoms with van der Waals surface area (Å²) in [6.45, 7) is 14.7. The van der Waals surface area contributed by atoms with Crippen LogP contribution in [0.1, 0.15) is 48.5 Å². The van der Waals surface area contributed by atoms with Crippen molar-refractivity contribution in [2.75, 3.05) is 0 Å². The SMILES string of the molecule is CC(/C=C(/C)NC(C)(C)C)=NC(C)C.